The molecule has 0 aliphatic heterocycles. The largest absolute Gasteiger partial charge is 0.382 e. The topological polar surface area (TPSA) is 30.5 Å². The van der Waals surface area contributed by atoms with Crippen molar-refractivity contribution in [2.45, 2.75) is 13.0 Å². The Bertz CT molecular complexity index is 284. The van der Waals surface area contributed by atoms with Gasteiger partial charge in [0.25, 0.3) is 0 Å². The van der Waals surface area contributed by atoms with E-state index in [0.717, 1.165) is 6.54 Å². The summed E-state index contributed by atoms with van der Waals surface area (Å²) in [6, 6.07) is 8.45. The van der Waals surface area contributed by atoms with Gasteiger partial charge < -0.3 is 14.8 Å². The minimum absolute atomic E-state index is 0.0979. The summed E-state index contributed by atoms with van der Waals surface area (Å²) in [6.07, 6.45) is 0.0979. The van der Waals surface area contributed by atoms with E-state index in [1.165, 1.54) is 11.1 Å². The predicted octanol–water partition coefficient (Wildman–Crippen LogP) is 1.92. The van der Waals surface area contributed by atoms with Crippen LogP contribution in [0.4, 0.5) is 0 Å². The lowest BCUT2D eigenvalue weighted by molar-refractivity contribution is 0.0175. The summed E-state index contributed by atoms with van der Waals surface area (Å²) < 4.78 is 10.7. The van der Waals surface area contributed by atoms with Crippen molar-refractivity contribution in [1.82, 2.24) is 5.32 Å². The molecule has 90 valence electrons. The van der Waals surface area contributed by atoms with Gasteiger partial charge in [0.1, 0.15) is 0 Å². The molecule has 0 saturated heterocycles. The number of ether oxygens (including phenoxy) is 2. The number of hydrogen-bond acceptors (Lipinski definition) is 3. The summed E-state index contributed by atoms with van der Waals surface area (Å²) >= 11 is 0. The molecule has 0 saturated carbocycles. The Kier molecular flexibility index (Phi) is 6.08. The average molecular weight is 223 g/mol. The number of methoxy groups -OCH3 is 1. The molecule has 0 radical (unpaired) electrons. The minimum atomic E-state index is 0.0979. The van der Waals surface area contributed by atoms with Crippen LogP contribution in [-0.2, 0) is 9.47 Å². The van der Waals surface area contributed by atoms with Crippen LogP contribution in [0, 0.1) is 6.92 Å². The van der Waals surface area contributed by atoms with Gasteiger partial charge in [-0.3, -0.25) is 0 Å². The van der Waals surface area contributed by atoms with Crippen molar-refractivity contribution in [3.8, 4) is 0 Å². The number of benzene rings is 1. The standard InChI is InChI=1S/C13H21NO2/c1-11-4-6-12(7-5-11)13(10-14-2)16-9-8-15-3/h4-7,13-14H,8-10H2,1-3H3. The number of likely N-dealkylation sites (N-methyl/N-ethyl adjacent to an activating group) is 1. The zero-order valence-electron chi connectivity index (χ0n) is 10.3. The van der Waals surface area contributed by atoms with Crippen LogP contribution in [0.25, 0.3) is 0 Å². The lowest BCUT2D eigenvalue weighted by Crippen LogP contribution is -2.21. The Morgan fingerprint density at radius 2 is 1.88 bits per heavy atom. The average Bonchev–Trinajstić information content (AvgIpc) is 2.29. The molecule has 1 aromatic carbocycles. The number of aryl methyl sites for hydroxylation is 1. The Hall–Kier alpha value is -0.900. The summed E-state index contributed by atoms with van der Waals surface area (Å²) in [5.74, 6) is 0. The van der Waals surface area contributed by atoms with E-state index >= 15 is 0 Å². The van der Waals surface area contributed by atoms with Crippen LogP contribution in [0.5, 0.6) is 0 Å². The molecule has 1 atom stereocenters. The SMILES string of the molecule is CNCC(OCCOC)c1ccc(C)cc1. The van der Waals surface area contributed by atoms with Crippen molar-refractivity contribution in [3.05, 3.63) is 35.4 Å². The van der Waals surface area contributed by atoms with Crippen LogP contribution in [-0.4, -0.2) is 33.9 Å². The Labute approximate surface area is 97.8 Å². The van der Waals surface area contributed by atoms with Crippen molar-refractivity contribution in [1.29, 1.82) is 0 Å². The molecular formula is C13H21NO2. The van der Waals surface area contributed by atoms with Gasteiger partial charge in [-0.15, -0.1) is 0 Å². The summed E-state index contributed by atoms with van der Waals surface area (Å²) in [6.45, 7) is 4.15. The molecule has 0 heterocycles. The molecule has 0 bridgehead atoms. The van der Waals surface area contributed by atoms with Crippen LogP contribution in [0.3, 0.4) is 0 Å². The van der Waals surface area contributed by atoms with E-state index in [1.54, 1.807) is 7.11 Å². The molecule has 0 aliphatic carbocycles. The van der Waals surface area contributed by atoms with Gasteiger partial charge in [0.05, 0.1) is 19.3 Å². The smallest absolute Gasteiger partial charge is 0.0950 e. The molecule has 16 heavy (non-hydrogen) atoms. The Morgan fingerprint density at radius 3 is 2.44 bits per heavy atom. The van der Waals surface area contributed by atoms with Crippen molar-refractivity contribution in [2.75, 3.05) is 33.9 Å². The highest BCUT2D eigenvalue weighted by Gasteiger charge is 2.10. The molecule has 3 nitrogen and oxygen atoms in total. The van der Waals surface area contributed by atoms with Gasteiger partial charge in [-0.25, -0.2) is 0 Å². The molecule has 1 unspecified atom stereocenters. The zero-order valence-corrected chi connectivity index (χ0v) is 10.3. The van der Waals surface area contributed by atoms with Gasteiger partial charge in [-0.05, 0) is 19.5 Å². The maximum Gasteiger partial charge on any atom is 0.0950 e. The molecule has 1 aromatic rings. The van der Waals surface area contributed by atoms with E-state index in [9.17, 15) is 0 Å². The first-order valence-electron chi connectivity index (χ1n) is 5.59. The van der Waals surface area contributed by atoms with Gasteiger partial charge in [0, 0.05) is 13.7 Å². The molecular weight excluding hydrogens is 202 g/mol. The lowest BCUT2D eigenvalue weighted by Gasteiger charge is -2.18. The van der Waals surface area contributed by atoms with Gasteiger partial charge in [-0.2, -0.15) is 0 Å². The first-order chi connectivity index (χ1) is 7.77. The van der Waals surface area contributed by atoms with Crippen LogP contribution >= 0.6 is 0 Å². The van der Waals surface area contributed by atoms with Crippen LogP contribution in [0.15, 0.2) is 24.3 Å². The molecule has 0 fully saturated rings. The van der Waals surface area contributed by atoms with E-state index in [2.05, 4.69) is 36.5 Å². The second-order valence-corrected chi connectivity index (χ2v) is 3.82. The predicted molar refractivity (Wildman–Crippen MR) is 65.7 cm³/mol. The van der Waals surface area contributed by atoms with Gasteiger partial charge in [-0.1, -0.05) is 29.8 Å². The van der Waals surface area contributed by atoms with E-state index < -0.39 is 0 Å². The van der Waals surface area contributed by atoms with Gasteiger partial charge in [0.2, 0.25) is 0 Å². The second kappa shape index (κ2) is 7.39. The molecule has 3 heteroatoms. The second-order valence-electron chi connectivity index (χ2n) is 3.82. The van der Waals surface area contributed by atoms with Crippen molar-refractivity contribution in [3.63, 3.8) is 0 Å². The number of rotatable bonds is 7. The van der Waals surface area contributed by atoms with E-state index in [0.29, 0.717) is 13.2 Å². The van der Waals surface area contributed by atoms with Gasteiger partial charge in [0.15, 0.2) is 0 Å². The van der Waals surface area contributed by atoms with Crippen molar-refractivity contribution >= 4 is 0 Å². The minimum Gasteiger partial charge on any atom is -0.382 e. The highest BCUT2D eigenvalue weighted by Crippen LogP contribution is 2.17. The lowest BCUT2D eigenvalue weighted by atomic mass is 10.1. The van der Waals surface area contributed by atoms with Crippen LogP contribution in [0.1, 0.15) is 17.2 Å². The van der Waals surface area contributed by atoms with Gasteiger partial charge >= 0.3 is 0 Å². The van der Waals surface area contributed by atoms with E-state index in [4.69, 9.17) is 9.47 Å². The van der Waals surface area contributed by atoms with Crippen LogP contribution < -0.4 is 5.32 Å². The van der Waals surface area contributed by atoms with Crippen molar-refractivity contribution in [2.24, 2.45) is 0 Å². The maximum absolute atomic E-state index is 5.76. The number of nitrogens with one attached hydrogen (secondary N) is 1. The molecule has 1 N–H and O–H groups in total. The quantitative estimate of drug-likeness (QED) is 0.716. The maximum atomic E-state index is 5.76. The number of hydrogen-bond donors (Lipinski definition) is 1. The first kappa shape index (κ1) is 13.2. The third kappa shape index (κ3) is 4.31. The summed E-state index contributed by atoms with van der Waals surface area (Å²) in [7, 11) is 3.61. The van der Waals surface area contributed by atoms with E-state index in [1.807, 2.05) is 7.05 Å². The summed E-state index contributed by atoms with van der Waals surface area (Å²) in [5, 5.41) is 3.14. The fraction of sp³-hybridized carbons (Fsp3) is 0.538. The fourth-order valence-corrected chi connectivity index (χ4v) is 1.51. The van der Waals surface area contributed by atoms with Crippen molar-refractivity contribution < 1.29 is 9.47 Å². The molecule has 0 aromatic heterocycles. The molecule has 0 aliphatic rings. The monoisotopic (exact) mass is 223 g/mol. The molecule has 1 rings (SSSR count). The Balaban J connectivity index is 2.57. The highest BCUT2D eigenvalue weighted by atomic mass is 16.5. The van der Waals surface area contributed by atoms with E-state index in [-0.39, 0.29) is 6.10 Å². The summed E-state index contributed by atoms with van der Waals surface area (Å²) in [4.78, 5) is 0. The highest BCUT2D eigenvalue weighted by molar-refractivity contribution is 5.23. The normalized spacial score (nSPS) is 12.7. The first-order valence-corrected chi connectivity index (χ1v) is 5.59. The fourth-order valence-electron chi connectivity index (χ4n) is 1.51. The molecule has 0 spiro atoms. The third-order valence-electron chi connectivity index (χ3n) is 2.45. The summed E-state index contributed by atoms with van der Waals surface area (Å²) in [5.41, 5.74) is 2.47. The third-order valence-corrected chi connectivity index (χ3v) is 2.45. The molecule has 0 amide bonds. The Morgan fingerprint density at radius 1 is 1.19 bits per heavy atom. The van der Waals surface area contributed by atoms with Crippen LogP contribution in [0.2, 0.25) is 0 Å². The zero-order chi connectivity index (χ0) is 11.8.